The van der Waals surface area contributed by atoms with Crippen LogP contribution in [0.4, 0.5) is 0 Å². The molecule has 0 aliphatic carbocycles. The number of hydrogen-bond donors (Lipinski definition) is 1. The van der Waals surface area contributed by atoms with Gasteiger partial charge in [-0.25, -0.2) is 0 Å². The lowest BCUT2D eigenvalue weighted by Gasteiger charge is -2.22. The quantitative estimate of drug-likeness (QED) is 0.662. The van der Waals surface area contributed by atoms with Gasteiger partial charge in [-0.15, -0.1) is 0 Å². The average Bonchev–Trinajstić information content (AvgIpc) is 3.02. The first-order valence-electron chi connectivity index (χ1n) is 7.46. The van der Waals surface area contributed by atoms with Gasteiger partial charge in [-0.05, 0) is 25.3 Å². The van der Waals surface area contributed by atoms with Crippen molar-refractivity contribution in [3.63, 3.8) is 0 Å². The lowest BCUT2D eigenvalue weighted by Crippen LogP contribution is -2.39. The van der Waals surface area contributed by atoms with Gasteiger partial charge in [-0.2, -0.15) is 0 Å². The molecular weight excluding hydrogens is 250 g/mol. The number of ether oxygens (including phenoxy) is 1. The average molecular weight is 275 g/mol. The maximum Gasteiger partial charge on any atom is 0.194 e. The van der Waals surface area contributed by atoms with E-state index in [-0.39, 0.29) is 6.10 Å². The Labute approximate surface area is 121 Å². The number of likely N-dealkylation sites (tertiary alicyclic amines) is 1. The van der Waals surface area contributed by atoms with Crippen molar-refractivity contribution in [3.05, 3.63) is 35.9 Å². The first kappa shape index (κ1) is 14.9. The number of nitrogens with one attached hydrogen (secondary N) is 1. The van der Waals surface area contributed by atoms with Crippen LogP contribution in [0.25, 0.3) is 0 Å². The second-order valence-corrected chi connectivity index (χ2v) is 5.02. The highest BCUT2D eigenvalue weighted by Crippen LogP contribution is 2.17. The molecule has 20 heavy (non-hydrogen) atoms. The van der Waals surface area contributed by atoms with Crippen LogP contribution in [0.1, 0.15) is 31.4 Å². The van der Waals surface area contributed by atoms with Crippen LogP contribution in [0, 0.1) is 0 Å². The van der Waals surface area contributed by atoms with Crippen molar-refractivity contribution < 1.29 is 4.74 Å². The molecule has 110 valence electrons. The SMILES string of the molecule is CCNC(=NCC(OC)c1ccccc1)N1CCCC1. The molecule has 1 aliphatic rings. The Kier molecular flexibility index (Phi) is 5.87. The van der Waals surface area contributed by atoms with E-state index in [1.165, 1.54) is 18.4 Å². The van der Waals surface area contributed by atoms with Gasteiger partial charge in [-0.3, -0.25) is 4.99 Å². The number of benzene rings is 1. The highest BCUT2D eigenvalue weighted by Gasteiger charge is 2.16. The second kappa shape index (κ2) is 7.90. The van der Waals surface area contributed by atoms with Crippen molar-refractivity contribution in [2.75, 3.05) is 33.3 Å². The van der Waals surface area contributed by atoms with E-state index in [0.717, 1.165) is 25.6 Å². The zero-order valence-electron chi connectivity index (χ0n) is 12.5. The minimum absolute atomic E-state index is 0.0208. The largest absolute Gasteiger partial charge is 0.375 e. The molecule has 4 nitrogen and oxygen atoms in total. The number of aliphatic imine (C=N–C) groups is 1. The summed E-state index contributed by atoms with van der Waals surface area (Å²) in [7, 11) is 1.75. The minimum Gasteiger partial charge on any atom is -0.375 e. The molecule has 1 heterocycles. The monoisotopic (exact) mass is 275 g/mol. The summed E-state index contributed by atoms with van der Waals surface area (Å²) in [4.78, 5) is 7.08. The Morgan fingerprint density at radius 3 is 2.60 bits per heavy atom. The topological polar surface area (TPSA) is 36.9 Å². The van der Waals surface area contributed by atoms with Crippen molar-refractivity contribution in [1.82, 2.24) is 10.2 Å². The third kappa shape index (κ3) is 3.97. The molecule has 1 unspecified atom stereocenters. The van der Waals surface area contributed by atoms with Gasteiger partial charge in [0.15, 0.2) is 5.96 Å². The number of nitrogens with zero attached hydrogens (tertiary/aromatic N) is 2. The predicted molar refractivity (Wildman–Crippen MR) is 83.0 cm³/mol. The van der Waals surface area contributed by atoms with E-state index < -0.39 is 0 Å². The predicted octanol–water partition coefficient (Wildman–Crippen LogP) is 2.44. The van der Waals surface area contributed by atoms with Gasteiger partial charge in [0.05, 0.1) is 6.54 Å². The molecule has 0 bridgehead atoms. The molecule has 2 rings (SSSR count). The maximum atomic E-state index is 5.57. The Hall–Kier alpha value is -1.55. The Bertz CT molecular complexity index is 413. The maximum absolute atomic E-state index is 5.57. The normalized spacial score (nSPS) is 17.3. The summed E-state index contributed by atoms with van der Waals surface area (Å²) < 4.78 is 5.57. The van der Waals surface area contributed by atoms with Crippen molar-refractivity contribution in [3.8, 4) is 0 Å². The minimum atomic E-state index is 0.0208. The van der Waals surface area contributed by atoms with Crippen LogP contribution in [0.3, 0.4) is 0 Å². The molecule has 0 amide bonds. The molecule has 1 saturated heterocycles. The molecule has 1 atom stereocenters. The standard InChI is InChI=1S/C16H25N3O/c1-3-17-16(19-11-7-8-12-19)18-13-15(20-2)14-9-5-4-6-10-14/h4-6,9-10,15H,3,7-8,11-13H2,1-2H3,(H,17,18). The third-order valence-electron chi connectivity index (χ3n) is 3.60. The zero-order chi connectivity index (χ0) is 14.2. The van der Waals surface area contributed by atoms with E-state index in [4.69, 9.17) is 9.73 Å². The summed E-state index contributed by atoms with van der Waals surface area (Å²) in [6.45, 7) is 5.87. The Morgan fingerprint density at radius 2 is 2.00 bits per heavy atom. The molecular formula is C16H25N3O. The second-order valence-electron chi connectivity index (χ2n) is 5.02. The Morgan fingerprint density at radius 1 is 1.30 bits per heavy atom. The number of guanidine groups is 1. The lowest BCUT2D eigenvalue weighted by molar-refractivity contribution is 0.110. The summed E-state index contributed by atoms with van der Waals surface area (Å²) >= 11 is 0. The van der Waals surface area contributed by atoms with Gasteiger partial charge >= 0.3 is 0 Å². The summed E-state index contributed by atoms with van der Waals surface area (Å²) in [6, 6.07) is 10.3. The summed E-state index contributed by atoms with van der Waals surface area (Å²) in [6.07, 6.45) is 2.54. The van der Waals surface area contributed by atoms with Crippen molar-refractivity contribution in [1.29, 1.82) is 0 Å². The molecule has 0 saturated carbocycles. The van der Waals surface area contributed by atoms with Gasteiger partial charge < -0.3 is 15.0 Å². The van der Waals surface area contributed by atoms with Crippen LogP contribution in [0.2, 0.25) is 0 Å². The molecule has 1 aliphatic heterocycles. The molecule has 1 aromatic carbocycles. The van der Waals surface area contributed by atoms with Crippen LogP contribution in [0.15, 0.2) is 35.3 Å². The molecule has 0 aromatic heterocycles. The Balaban J connectivity index is 2.03. The highest BCUT2D eigenvalue weighted by molar-refractivity contribution is 5.80. The van der Waals surface area contributed by atoms with E-state index in [1.807, 2.05) is 18.2 Å². The van der Waals surface area contributed by atoms with Crippen LogP contribution in [-0.4, -0.2) is 44.1 Å². The van der Waals surface area contributed by atoms with Gasteiger partial charge in [0.25, 0.3) is 0 Å². The van der Waals surface area contributed by atoms with Crippen molar-refractivity contribution >= 4 is 5.96 Å². The molecule has 0 spiro atoms. The van der Waals surface area contributed by atoms with Gasteiger partial charge in [-0.1, -0.05) is 30.3 Å². The number of hydrogen-bond acceptors (Lipinski definition) is 2. The van der Waals surface area contributed by atoms with Crippen molar-refractivity contribution in [2.45, 2.75) is 25.9 Å². The lowest BCUT2D eigenvalue weighted by atomic mass is 10.1. The van der Waals surface area contributed by atoms with Crippen LogP contribution < -0.4 is 5.32 Å². The van der Waals surface area contributed by atoms with Gasteiger partial charge in [0, 0.05) is 26.7 Å². The van der Waals surface area contributed by atoms with E-state index in [0.29, 0.717) is 6.54 Å². The summed E-state index contributed by atoms with van der Waals surface area (Å²) in [5.74, 6) is 1.02. The first-order valence-corrected chi connectivity index (χ1v) is 7.46. The van der Waals surface area contributed by atoms with E-state index in [1.54, 1.807) is 7.11 Å². The van der Waals surface area contributed by atoms with E-state index >= 15 is 0 Å². The fourth-order valence-corrected chi connectivity index (χ4v) is 2.51. The zero-order valence-corrected chi connectivity index (χ0v) is 12.5. The third-order valence-corrected chi connectivity index (χ3v) is 3.60. The molecule has 1 N–H and O–H groups in total. The van der Waals surface area contributed by atoms with Crippen LogP contribution >= 0.6 is 0 Å². The molecule has 1 aromatic rings. The van der Waals surface area contributed by atoms with E-state index in [9.17, 15) is 0 Å². The fourth-order valence-electron chi connectivity index (χ4n) is 2.51. The number of methoxy groups -OCH3 is 1. The first-order chi connectivity index (χ1) is 9.85. The highest BCUT2D eigenvalue weighted by atomic mass is 16.5. The number of rotatable bonds is 5. The van der Waals surface area contributed by atoms with Gasteiger partial charge in [0.2, 0.25) is 0 Å². The molecule has 4 heteroatoms. The van der Waals surface area contributed by atoms with Gasteiger partial charge in [0.1, 0.15) is 6.10 Å². The van der Waals surface area contributed by atoms with E-state index in [2.05, 4.69) is 29.3 Å². The summed E-state index contributed by atoms with van der Waals surface area (Å²) in [5.41, 5.74) is 1.18. The smallest absolute Gasteiger partial charge is 0.194 e. The summed E-state index contributed by atoms with van der Waals surface area (Å²) in [5, 5.41) is 3.38. The fraction of sp³-hybridized carbons (Fsp3) is 0.562. The van der Waals surface area contributed by atoms with Crippen LogP contribution in [-0.2, 0) is 4.74 Å². The molecule has 1 fully saturated rings. The van der Waals surface area contributed by atoms with Crippen LogP contribution in [0.5, 0.6) is 0 Å². The molecule has 0 radical (unpaired) electrons. The van der Waals surface area contributed by atoms with Crippen molar-refractivity contribution in [2.24, 2.45) is 4.99 Å².